The molecule has 1 fully saturated rings. The number of hydrogen-bond acceptors (Lipinski definition) is 7. The third-order valence-corrected chi connectivity index (χ3v) is 8.39. The Bertz CT molecular complexity index is 1360. The Labute approximate surface area is 212 Å². The van der Waals surface area contributed by atoms with Gasteiger partial charge in [0.1, 0.15) is 18.1 Å². The van der Waals surface area contributed by atoms with E-state index in [2.05, 4.69) is 4.98 Å². The highest BCUT2D eigenvalue weighted by Gasteiger charge is 2.47. The maximum Gasteiger partial charge on any atom is 0.186 e. The van der Waals surface area contributed by atoms with Gasteiger partial charge in [0.2, 0.25) is 0 Å². The number of nitrogens with zero attached hydrogens (tertiary/aromatic N) is 1. The van der Waals surface area contributed by atoms with Crippen molar-refractivity contribution >= 4 is 26.5 Å². The number of aryl methyl sites for hydroxylation is 2. The van der Waals surface area contributed by atoms with E-state index in [0.717, 1.165) is 17.7 Å². The van der Waals surface area contributed by atoms with E-state index in [0.29, 0.717) is 48.3 Å². The van der Waals surface area contributed by atoms with Crippen molar-refractivity contribution in [2.24, 2.45) is 0 Å². The number of rotatable bonds is 10. The second-order valence-corrected chi connectivity index (χ2v) is 11.2. The van der Waals surface area contributed by atoms with Gasteiger partial charge in [-0.3, -0.25) is 9.78 Å². The van der Waals surface area contributed by atoms with Crippen molar-refractivity contribution in [1.82, 2.24) is 4.98 Å². The maximum atomic E-state index is 13.9. The third-order valence-electron chi connectivity index (χ3n) is 6.72. The molecule has 1 aromatic heterocycles. The Morgan fingerprint density at radius 3 is 2.69 bits per heavy atom. The zero-order chi connectivity index (χ0) is 25.9. The number of fused-ring (bicyclic) bond motifs is 1. The normalized spacial score (nSPS) is 18.9. The van der Waals surface area contributed by atoms with Crippen LogP contribution >= 0.6 is 0 Å². The van der Waals surface area contributed by atoms with Gasteiger partial charge in [0.15, 0.2) is 21.2 Å². The largest absolute Gasteiger partial charge is 0.490 e. The molecule has 36 heavy (non-hydrogen) atoms. The molecule has 0 spiro atoms. The molecule has 0 saturated carbocycles. The van der Waals surface area contributed by atoms with Crippen LogP contribution in [0.4, 0.5) is 0 Å². The van der Waals surface area contributed by atoms with E-state index >= 15 is 0 Å². The third kappa shape index (κ3) is 5.16. The number of hydrogen-bond donors (Lipinski definition) is 0. The number of methoxy groups -OCH3 is 1. The molecule has 0 unspecified atom stereocenters. The quantitative estimate of drug-likeness (QED) is 0.394. The summed E-state index contributed by atoms with van der Waals surface area (Å²) in [7, 11) is -2.36. The van der Waals surface area contributed by atoms with Crippen LogP contribution in [0.1, 0.15) is 43.5 Å². The van der Waals surface area contributed by atoms with Crippen LogP contribution in [0.15, 0.2) is 53.4 Å². The summed E-state index contributed by atoms with van der Waals surface area (Å²) in [6, 6.07) is 14.2. The van der Waals surface area contributed by atoms with Crippen molar-refractivity contribution in [2.75, 3.05) is 26.1 Å². The van der Waals surface area contributed by atoms with E-state index in [4.69, 9.17) is 14.2 Å². The molecule has 3 aromatic rings. The van der Waals surface area contributed by atoms with Gasteiger partial charge in [0.05, 0.1) is 16.5 Å². The molecule has 7 nitrogen and oxygen atoms in total. The van der Waals surface area contributed by atoms with Gasteiger partial charge in [-0.1, -0.05) is 19.1 Å². The van der Waals surface area contributed by atoms with Gasteiger partial charge in [-0.05, 0) is 75.1 Å². The number of carbonyl (C=O) groups excluding carboxylic acids is 1. The lowest BCUT2D eigenvalue weighted by atomic mass is 9.85. The summed E-state index contributed by atoms with van der Waals surface area (Å²) in [5.41, 5.74) is 1.58. The topological polar surface area (TPSA) is 91.8 Å². The van der Waals surface area contributed by atoms with Gasteiger partial charge < -0.3 is 14.2 Å². The number of aromatic nitrogens is 1. The molecule has 8 heteroatoms. The Hall–Kier alpha value is -2.81. The molecule has 4 rings (SSSR count). The molecular formula is C28H33NO6S. The van der Waals surface area contributed by atoms with Crippen LogP contribution < -0.4 is 4.74 Å². The van der Waals surface area contributed by atoms with E-state index < -0.39 is 27.0 Å². The monoisotopic (exact) mass is 511 g/mol. The number of ketones is 1. The molecule has 0 bridgehead atoms. The van der Waals surface area contributed by atoms with Crippen molar-refractivity contribution < 1.29 is 27.4 Å². The SMILES string of the molecule is CCc1ccc(OC[C@H](C)OC)c([C@]2(C(=O)CS(=O)(=O)c3cccc4nc(C)ccc34)CCCO2)c1. The maximum absolute atomic E-state index is 13.9. The lowest BCUT2D eigenvalue weighted by Crippen LogP contribution is -2.40. The number of carbonyl (C=O) groups is 1. The Kier molecular flexibility index (Phi) is 7.78. The fraction of sp³-hybridized carbons (Fsp3) is 0.429. The molecule has 1 aliphatic heterocycles. The first-order chi connectivity index (χ1) is 17.2. The Balaban J connectivity index is 1.73. The predicted octanol–water partition coefficient (Wildman–Crippen LogP) is 4.57. The van der Waals surface area contributed by atoms with Crippen molar-refractivity contribution in [2.45, 2.75) is 56.6 Å². The van der Waals surface area contributed by atoms with Crippen molar-refractivity contribution in [3.05, 3.63) is 65.4 Å². The van der Waals surface area contributed by atoms with Crippen molar-refractivity contribution in [3.8, 4) is 5.75 Å². The minimum atomic E-state index is -3.97. The van der Waals surface area contributed by atoms with E-state index in [-0.39, 0.29) is 11.0 Å². The smallest absolute Gasteiger partial charge is 0.186 e. The highest BCUT2D eigenvalue weighted by molar-refractivity contribution is 7.92. The zero-order valence-electron chi connectivity index (χ0n) is 21.2. The van der Waals surface area contributed by atoms with E-state index in [1.807, 2.05) is 39.0 Å². The summed E-state index contributed by atoms with van der Waals surface area (Å²) in [5, 5.41) is 0.503. The summed E-state index contributed by atoms with van der Waals surface area (Å²) < 4.78 is 44.6. The van der Waals surface area contributed by atoms with Gasteiger partial charge in [0.25, 0.3) is 0 Å². The first-order valence-electron chi connectivity index (χ1n) is 12.3. The van der Waals surface area contributed by atoms with E-state index in [1.54, 1.807) is 31.4 Å². The molecule has 192 valence electrons. The molecule has 2 heterocycles. The van der Waals surface area contributed by atoms with E-state index in [1.165, 1.54) is 6.07 Å². The first kappa shape index (κ1) is 26.3. The van der Waals surface area contributed by atoms with Crippen LogP contribution in [0.25, 0.3) is 10.9 Å². The van der Waals surface area contributed by atoms with Crippen LogP contribution in [0.5, 0.6) is 5.75 Å². The number of sulfone groups is 1. The summed E-state index contributed by atoms with van der Waals surface area (Å²) in [5.74, 6) is -0.659. The molecular weight excluding hydrogens is 478 g/mol. The molecule has 0 aliphatic carbocycles. The van der Waals surface area contributed by atoms with Crippen LogP contribution in [-0.4, -0.2) is 51.4 Å². The summed E-state index contributed by atoms with van der Waals surface area (Å²) in [4.78, 5) is 18.4. The fourth-order valence-corrected chi connectivity index (χ4v) is 6.13. The van der Waals surface area contributed by atoms with Crippen LogP contribution in [0.2, 0.25) is 0 Å². The molecule has 0 N–H and O–H groups in total. The van der Waals surface area contributed by atoms with Crippen molar-refractivity contribution in [3.63, 3.8) is 0 Å². The summed E-state index contributed by atoms with van der Waals surface area (Å²) in [6.45, 7) is 6.42. The molecule has 0 radical (unpaired) electrons. The average molecular weight is 512 g/mol. The van der Waals surface area contributed by atoms with Gasteiger partial charge in [-0.15, -0.1) is 0 Å². The average Bonchev–Trinajstić information content (AvgIpc) is 3.37. The van der Waals surface area contributed by atoms with Gasteiger partial charge in [-0.2, -0.15) is 0 Å². The standard InChI is InChI=1S/C28H33NO6S/c1-5-21-11-13-25(34-17-20(3)33-4)23(16-21)28(14-7-15-35-28)27(30)18-36(31,32)26-9-6-8-24-22(26)12-10-19(2)29-24/h6,8-13,16,20H,5,7,14-15,17-18H2,1-4H3/t20-,28-/m0/s1. The van der Waals surface area contributed by atoms with Crippen LogP contribution in [0, 0.1) is 6.92 Å². The van der Waals surface area contributed by atoms with Crippen LogP contribution in [0.3, 0.4) is 0 Å². The molecule has 1 aliphatic rings. The van der Waals surface area contributed by atoms with Crippen molar-refractivity contribution in [1.29, 1.82) is 0 Å². The molecule has 2 atom stereocenters. The first-order valence-corrected chi connectivity index (χ1v) is 13.9. The van der Waals surface area contributed by atoms with Crippen LogP contribution in [-0.2, 0) is 36.1 Å². The number of benzene rings is 2. The second-order valence-electron chi connectivity index (χ2n) is 9.28. The number of ether oxygens (including phenoxy) is 3. The molecule has 2 aromatic carbocycles. The van der Waals surface area contributed by atoms with Gasteiger partial charge >= 0.3 is 0 Å². The minimum absolute atomic E-state index is 0.0988. The highest BCUT2D eigenvalue weighted by atomic mass is 32.2. The van der Waals surface area contributed by atoms with Gasteiger partial charge in [0, 0.05) is 30.4 Å². The van der Waals surface area contributed by atoms with E-state index in [9.17, 15) is 13.2 Å². The summed E-state index contributed by atoms with van der Waals surface area (Å²) in [6.07, 6.45) is 1.64. The lowest BCUT2D eigenvalue weighted by Gasteiger charge is -2.30. The minimum Gasteiger partial charge on any atom is -0.490 e. The zero-order valence-corrected chi connectivity index (χ0v) is 22.1. The number of Topliss-reactive ketones (excluding diaryl/α,β-unsaturated/α-hetero) is 1. The second kappa shape index (κ2) is 10.7. The highest BCUT2D eigenvalue weighted by Crippen LogP contribution is 2.43. The Morgan fingerprint density at radius 1 is 1.19 bits per heavy atom. The van der Waals surface area contributed by atoms with Gasteiger partial charge in [-0.25, -0.2) is 8.42 Å². The fourth-order valence-electron chi connectivity index (χ4n) is 4.60. The Morgan fingerprint density at radius 2 is 2.00 bits per heavy atom. The predicted molar refractivity (Wildman–Crippen MR) is 138 cm³/mol. The lowest BCUT2D eigenvalue weighted by molar-refractivity contribution is -0.137. The molecule has 1 saturated heterocycles. The number of pyridine rings is 1. The molecule has 0 amide bonds. The summed E-state index contributed by atoms with van der Waals surface area (Å²) >= 11 is 0.